The van der Waals surface area contributed by atoms with E-state index in [0.29, 0.717) is 36.7 Å². The lowest BCUT2D eigenvalue weighted by atomic mass is 10.0. The Kier molecular flexibility index (Phi) is 5.25. The molecule has 2 atom stereocenters. The molecule has 1 saturated heterocycles. The number of carbonyl (C=O) groups is 1. The second kappa shape index (κ2) is 7.98. The first-order valence-electron chi connectivity index (χ1n) is 9.70. The number of nitrogens with one attached hydrogen (secondary N) is 1. The van der Waals surface area contributed by atoms with Crippen molar-refractivity contribution >= 4 is 23.1 Å². The number of hydrogen-bond acceptors (Lipinski definition) is 6. The highest BCUT2D eigenvalue weighted by Gasteiger charge is 2.32. The van der Waals surface area contributed by atoms with Crippen molar-refractivity contribution in [3.63, 3.8) is 0 Å². The van der Waals surface area contributed by atoms with Crippen molar-refractivity contribution in [3.05, 3.63) is 53.9 Å². The quantitative estimate of drug-likeness (QED) is 0.734. The third kappa shape index (κ3) is 3.99. The summed E-state index contributed by atoms with van der Waals surface area (Å²) in [5, 5.41) is 13.1. The summed E-state index contributed by atoms with van der Waals surface area (Å²) in [5.41, 5.74) is 8.95. The molecule has 0 saturated carbocycles. The Morgan fingerprint density at radius 2 is 2.11 bits per heavy atom. The van der Waals surface area contributed by atoms with Crippen LogP contribution in [0.4, 0.5) is 11.6 Å². The minimum absolute atomic E-state index is 0.0452. The zero-order chi connectivity index (χ0) is 19.5. The Bertz CT molecular complexity index is 881. The molecule has 28 heavy (non-hydrogen) atoms. The highest BCUT2D eigenvalue weighted by Crippen LogP contribution is 2.28. The van der Waals surface area contributed by atoms with Gasteiger partial charge >= 0.3 is 0 Å². The normalized spacial score (nSPS) is 21.6. The summed E-state index contributed by atoms with van der Waals surface area (Å²) in [4.78, 5) is 22.7. The number of nitrogens with zero attached hydrogens (tertiary/aromatic N) is 3. The number of nitrogen functional groups attached to an aromatic ring is 1. The Balaban J connectivity index is 1.39. The maximum absolute atomic E-state index is 12.6. The van der Waals surface area contributed by atoms with Crippen molar-refractivity contribution in [2.75, 3.05) is 23.7 Å². The van der Waals surface area contributed by atoms with Crippen LogP contribution < -0.4 is 16.0 Å². The van der Waals surface area contributed by atoms with Crippen LogP contribution in [0.15, 0.2) is 42.7 Å². The molecule has 146 valence electrons. The van der Waals surface area contributed by atoms with Crippen LogP contribution in [0.1, 0.15) is 41.6 Å². The van der Waals surface area contributed by atoms with E-state index < -0.39 is 6.10 Å². The number of β-amino-alcohol motifs (C(OH)–C–C–N with tert-alkyl or cyclic N) is 1. The fourth-order valence-electron chi connectivity index (χ4n) is 3.97. The van der Waals surface area contributed by atoms with Gasteiger partial charge in [0, 0.05) is 24.7 Å². The van der Waals surface area contributed by atoms with E-state index in [1.165, 1.54) is 23.9 Å². The van der Waals surface area contributed by atoms with E-state index in [-0.39, 0.29) is 11.9 Å². The Morgan fingerprint density at radius 1 is 1.29 bits per heavy atom. The Morgan fingerprint density at radius 3 is 2.82 bits per heavy atom. The number of amides is 1. The van der Waals surface area contributed by atoms with Crippen LogP contribution in [0.3, 0.4) is 0 Å². The van der Waals surface area contributed by atoms with Gasteiger partial charge in [-0.3, -0.25) is 4.79 Å². The van der Waals surface area contributed by atoms with Crippen molar-refractivity contribution in [3.8, 4) is 0 Å². The number of aliphatic hydroxyl groups excluding tert-OH is 1. The van der Waals surface area contributed by atoms with Crippen LogP contribution in [-0.2, 0) is 0 Å². The molecular weight excluding hydrogens is 354 g/mol. The molecule has 0 unspecified atom stereocenters. The Hall–Kier alpha value is -2.93. The molecule has 0 bridgehead atoms. The van der Waals surface area contributed by atoms with Gasteiger partial charge in [0.1, 0.15) is 18.0 Å². The van der Waals surface area contributed by atoms with Gasteiger partial charge in [-0.1, -0.05) is 18.2 Å². The number of allylic oxidation sites excluding steroid dienone is 2. The van der Waals surface area contributed by atoms with Crippen LogP contribution in [-0.4, -0.2) is 46.2 Å². The standard InChI is InChI=1S/C21H25N5O2/c22-19-10-20(25-13-24-19)26-12-18(27)9-17(26)11-23-21(28)16-7-5-15(6-8-16)14-3-1-2-4-14/h3,5-8,10,13,17-18,27H,1-2,4,9,11-12H2,(H,23,28)(H2,22,24,25)/t17-,18-/m1/s1. The summed E-state index contributed by atoms with van der Waals surface area (Å²) >= 11 is 0. The minimum Gasteiger partial charge on any atom is -0.391 e. The van der Waals surface area contributed by atoms with E-state index in [2.05, 4.69) is 21.4 Å². The molecule has 2 aliphatic rings. The highest BCUT2D eigenvalue weighted by atomic mass is 16.3. The van der Waals surface area contributed by atoms with Crippen molar-refractivity contribution in [1.82, 2.24) is 15.3 Å². The van der Waals surface area contributed by atoms with Gasteiger partial charge in [0.15, 0.2) is 0 Å². The predicted octanol–water partition coefficient (Wildman–Crippen LogP) is 2.00. The summed E-state index contributed by atoms with van der Waals surface area (Å²) in [5.74, 6) is 0.930. The monoisotopic (exact) mass is 379 g/mol. The Labute approximate surface area is 164 Å². The number of hydrogen-bond donors (Lipinski definition) is 3. The van der Waals surface area contributed by atoms with Crippen LogP contribution >= 0.6 is 0 Å². The largest absolute Gasteiger partial charge is 0.391 e. The summed E-state index contributed by atoms with van der Waals surface area (Å²) in [7, 11) is 0. The number of nitrogens with two attached hydrogens (primary N) is 1. The zero-order valence-electron chi connectivity index (χ0n) is 15.7. The summed E-state index contributed by atoms with van der Waals surface area (Å²) in [6.07, 6.45) is 7.24. The van der Waals surface area contributed by atoms with Crippen LogP contribution in [0.5, 0.6) is 0 Å². The number of aliphatic hydroxyl groups is 1. The van der Waals surface area contributed by atoms with E-state index >= 15 is 0 Å². The van der Waals surface area contributed by atoms with E-state index in [4.69, 9.17) is 5.73 Å². The van der Waals surface area contributed by atoms with Gasteiger partial charge in [-0.25, -0.2) is 9.97 Å². The average molecular weight is 379 g/mol. The molecule has 4 rings (SSSR count). The number of aromatic nitrogens is 2. The van der Waals surface area contributed by atoms with E-state index in [0.717, 1.165) is 12.8 Å². The second-order valence-electron chi connectivity index (χ2n) is 7.41. The summed E-state index contributed by atoms with van der Waals surface area (Å²) < 4.78 is 0. The number of rotatable bonds is 5. The zero-order valence-corrected chi connectivity index (χ0v) is 15.7. The molecule has 2 heterocycles. The average Bonchev–Trinajstić information content (AvgIpc) is 3.36. The maximum atomic E-state index is 12.6. The lowest BCUT2D eigenvalue weighted by Gasteiger charge is -2.25. The maximum Gasteiger partial charge on any atom is 0.251 e. The van der Waals surface area contributed by atoms with Crippen molar-refractivity contribution < 1.29 is 9.90 Å². The number of carbonyl (C=O) groups excluding carboxylic acids is 1. The lowest BCUT2D eigenvalue weighted by molar-refractivity contribution is 0.0950. The first-order chi connectivity index (χ1) is 13.6. The summed E-state index contributed by atoms with van der Waals surface area (Å²) in [6.45, 7) is 0.882. The van der Waals surface area contributed by atoms with E-state index in [9.17, 15) is 9.90 Å². The molecule has 0 radical (unpaired) electrons. The molecule has 7 nitrogen and oxygen atoms in total. The number of benzene rings is 1. The van der Waals surface area contributed by atoms with Crippen molar-refractivity contribution in [1.29, 1.82) is 0 Å². The molecule has 1 aromatic carbocycles. The molecule has 1 aliphatic carbocycles. The fraction of sp³-hybridized carbons (Fsp3) is 0.381. The molecule has 4 N–H and O–H groups in total. The van der Waals surface area contributed by atoms with Gasteiger partial charge in [-0.2, -0.15) is 0 Å². The van der Waals surface area contributed by atoms with Gasteiger partial charge in [0.25, 0.3) is 5.91 Å². The third-order valence-electron chi connectivity index (χ3n) is 5.42. The van der Waals surface area contributed by atoms with Crippen molar-refractivity contribution in [2.45, 2.75) is 37.8 Å². The van der Waals surface area contributed by atoms with Crippen LogP contribution in [0, 0.1) is 0 Å². The molecule has 1 fully saturated rings. The SMILES string of the molecule is Nc1cc(N2C[C@H](O)C[C@@H]2CNC(=O)c2ccc(C3=CCCC3)cc2)ncn1. The first kappa shape index (κ1) is 18.4. The topological polar surface area (TPSA) is 104 Å². The van der Waals surface area contributed by atoms with Gasteiger partial charge in [-0.05, 0) is 49.0 Å². The van der Waals surface area contributed by atoms with E-state index in [1.807, 2.05) is 29.2 Å². The van der Waals surface area contributed by atoms with Gasteiger partial charge in [0.05, 0.1) is 12.1 Å². The van der Waals surface area contributed by atoms with Gasteiger partial charge in [0.2, 0.25) is 0 Å². The first-order valence-corrected chi connectivity index (χ1v) is 9.70. The summed E-state index contributed by atoms with van der Waals surface area (Å²) in [6, 6.07) is 9.41. The predicted molar refractivity (Wildman–Crippen MR) is 109 cm³/mol. The smallest absolute Gasteiger partial charge is 0.251 e. The molecule has 2 aromatic rings. The van der Waals surface area contributed by atoms with Crippen molar-refractivity contribution in [2.24, 2.45) is 0 Å². The third-order valence-corrected chi connectivity index (χ3v) is 5.42. The highest BCUT2D eigenvalue weighted by molar-refractivity contribution is 5.94. The van der Waals surface area contributed by atoms with Crippen LogP contribution in [0.25, 0.3) is 5.57 Å². The van der Waals surface area contributed by atoms with Gasteiger partial charge in [-0.15, -0.1) is 0 Å². The van der Waals surface area contributed by atoms with E-state index in [1.54, 1.807) is 6.07 Å². The fourth-order valence-corrected chi connectivity index (χ4v) is 3.97. The number of anilines is 2. The molecule has 1 amide bonds. The molecule has 7 heteroatoms. The minimum atomic E-state index is -0.461. The van der Waals surface area contributed by atoms with Crippen LogP contribution in [0.2, 0.25) is 0 Å². The molecule has 1 aliphatic heterocycles. The molecular formula is C21H25N5O2. The van der Waals surface area contributed by atoms with Gasteiger partial charge < -0.3 is 21.1 Å². The molecule has 1 aromatic heterocycles. The second-order valence-corrected chi connectivity index (χ2v) is 7.41. The lowest BCUT2D eigenvalue weighted by Crippen LogP contribution is -2.40. The molecule has 0 spiro atoms.